The maximum absolute atomic E-state index is 12.1. The molecule has 0 aliphatic carbocycles. The summed E-state index contributed by atoms with van der Waals surface area (Å²) in [4.78, 5) is 18.2. The first-order chi connectivity index (χ1) is 10.6. The lowest BCUT2D eigenvalue weighted by Gasteiger charge is -2.26. The fourth-order valence-electron chi connectivity index (χ4n) is 2.46. The van der Waals surface area contributed by atoms with E-state index in [0.29, 0.717) is 16.4 Å². The summed E-state index contributed by atoms with van der Waals surface area (Å²) < 4.78 is 0. The highest BCUT2D eigenvalue weighted by atomic mass is 32.1. The van der Waals surface area contributed by atoms with Crippen LogP contribution < -0.4 is 5.32 Å². The molecule has 2 aromatic rings. The molecule has 0 bridgehead atoms. The van der Waals surface area contributed by atoms with Gasteiger partial charge < -0.3 is 15.1 Å². The summed E-state index contributed by atoms with van der Waals surface area (Å²) in [6.07, 6.45) is 3.25. The van der Waals surface area contributed by atoms with Gasteiger partial charge in [0.05, 0.1) is 5.69 Å². The van der Waals surface area contributed by atoms with Crippen LogP contribution in [-0.2, 0) is 0 Å². The average Bonchev–Trinajstić information content (AvgIpc) is 2.96. The van der Waals surface area contributed by atoms with Gasteiger partial charge in [-0.05, 0) is 31.4 Å². The van der Waals surface area contributed by atoms with E-state index in [-0.39, 0.29) is 17.5 Å². The van der Waals surface area contributed by atoms with Crippen molar-refractivity contribution in [1.29, 1.82) is 0 Å². The smallest absolute Gasteiger partial charge is 0.323 e. The van der Waals surface area contributed by atoms with Gasteiger partial charge in [0.25, 0.3) is 0 Å². The van der Waals surface area contributed by atoms with Gasteiger partial charge in [-0.15, -0.1) is 11.3 Å². The molecule has 1 aromatic heterocycles. The number of hydrogen-bond donors (Lipinski definition) is 3. The van der Waals surface area contributed by atoms with Crippen LogP contribution in [0.15, 0.2) is 23.6 Å². The number of aromatic nitrogens is 1. The topological polar surface area (TPSA) is 85.7 Å². The van der Waals surface area contributed by atoms with Crippen LogP contribution in [0.3, 0.4) is 0 Å². The van der Waals surface area contributed by atoms with Gasteiger partial charge in [0.2, 0.25) is 0 Å². The number of rotatable bonds is 2. The SMILES string of the molecule is O=C(Nc1nc(-c2ccc(O)cc2O)cs1)N1CCCCC1. The van der Waals surface area contributed by atoms with Gasteiger partial charge in [0.15, 0.2) is 5.13 Å². The molecule has 2 amide bonds. The van der Waals surface area contributed by atoms with Crippen molar-refractivity contribution in [2.24, 2.45) is 0 Å². The second-order valence-corrected chi connectivity index (χ2v) is 6.08. The molecule has 0 saturated carbocycles. The van der Waals surface area contributed by atoms with Gasteiger partial charge in [0, 0.05) is 30.1 Å². The minimum atomic E-state index is -0.129. The fraction of sp³-hybridized carbons (Fsp3) is 0.333. The highest BCUT2D eigenvalue weighted by Crippen LogP contribution is 2.33. The van der Waals surface area contributed by atoms with E-state index in [1.54, 1.807) is 16.3 Å². The van der Waals surface area contributed by atoms with Gasteiger partial charge in [-0.3, -0.25) is 5.32 Å². The van der Waals surface area contributed by atoms with Crippen molar-refractivity contribution >= 4 is 22.5 Å². The highest BCUT2D eigenvalue weighted by Gasteiger charge is 2.18. The number of phenols is 2. The number of carbonyl (C=O) groups excluding carboxylic acids is 1. The molecule has 1 fully saturated rings. The first-order valence-corrected chi connectivity index (χ1v) is 8.05. The van der Waals surface area contributed by atoms with Gasteiger partial charge in [0.1, 0.15) is 11.5 Å². The molecule has 0 atom stereocenters. The number of hydrogen-bond acceptors (Lipinski definition) is 5. The van der Waals surface area contributed by atoms with Gasteiger partial charge >= 0.3 is 6.03 Å². The molecule has 22 heavy (non-hydrogen) atoms. The maximum Gasteiger partial charge on any atom is 0.323 e. The molecule has 116 valence electrons. The van der Waals surface area contributed by atoms with Crippen LogP contribution in [0.25, 0.3) is 11.3 Å². The van der Waals surface area contributed by atoms with Gasteiger partial charge in [-0.2, -0.15) is 0 Å². The average molecular weight is 319 g/mol. The number of benzene rings is 1. The Morgan fingerprint density at radius 2 is 2.00 bits per heavy atom. The second-order valence-electron chi connectivity index (χ2n) is 5.22. The number of anilines is 1. The molecule has 7 heteroatoms. The first-order valence-electron chi connectivity index (χ1n) is 7.17. The third kappa shape index (κ3) is 3.14. The normalized spacial score (nSPS) is 14.8. The molecule has 3 N–H and O–H groups in total. The molecular formula is C15H17N3O3S. The molecule has 0 radical (unpaired) electrons. The summed E-state index contributed by atoms with van der Waals surface area (Å²) in [5, 5.41) is 24.2. The Balaban J connectivity index is 1.72. The Hall–Kier alpha value is -2.28. The van der Waals surface area contributed by atoms with Crippen LogP contribution in [0.2, 0.25) is 0 Å². The summed E-state index contributed by atoms with van der Waals surface area (Å²) in [5.74, 6) is -0.0469. The summed E-state index contributed by atoms with van der Waals surface area (Å²) in [6.45, 7) is 1.56. The first kappa shape index (κ1) is 14.6. The molecule has 2 heterocycles. The number of carbonyl (C=O) groups is 1. The van der Waals surface area contributed by atoms with E-state index in [9.17, 15) is 15.0 Å². The van der Waals surface area contributed by atoms with Crippen LogP contribution in [-0.4, -0.2) is 39.2 Å². The summed E-state index contributed by atoms with van der Waals surface area (Å²) in [5.41, 5.74) is 1.09. The standard InChI is InChI=1S/C15H17N3O3S/c19-10-4-5-11(13(20)8-10)12-9-22-14(16-12)17-15(21)18-6-2-1-3-7-18/h4-5,8-9,19-20H,1-3,6-7H2,(H,16,17,21). The van der Waals surface area contributed by atoms with E-state index in [1.807, 2.05) is 0 Å². The number of aromatic hydroxyl groups is 2. The fourth-order valence-corrected chi connectivity index (χ4v) is 3.16. The number of thiazole rings is 1. The van der Waals surface area contributed by atoms with E-state index in [2.05, 4.69) is 10.3 Å². The lowest BCUT2D eigenvalue weighted by atomic mass is 10.1. The van der Waals surface area contributed by atoms with Gasteiger partial charge in [-0.1, -0.05) is 0 Å². The zero-order chi connectivity index (χ0) is 15.5. The van der Waals surface area contributed by atoms with Crippen LogP contribution in [0, 0.1) is 0 Å². The molecule has 1 aliphatic rings. The number of likely N-dealkylation sites (tertiary alicyclic amines) is 1. The lowest BCUT2D eigenvalue weighted by molar-refractivity contribution is 0.200. The van der Waals surface area contributed by atoms with Crippen molar-refractivity contribution in [2.45, 2.75) is 19.3 Å². The highest BCUT2D eigenvalue weighted by molar-refractivity contribution is 7.14. The third-order valence-corrected chi connectivity index (χ3v) is 4.38. The Labute approximate surface area is 132 Å². The van der Waals surface area contributed by atoms with Crippen molar-refractivity contribution < 1.29 is 15.0 Å². The van der Waals surface area contributed by atoms with Crippen LogP contribution in [0.4, 0.5) is 9.93 Å². The zero-order valence-electron chi connectivity index (χ0n) is 12.0. The Bertz CT molecular complexity index is 680. The number of nitrogens with one attached hydrogen (secondary N) is 1. The predicted molar refractivity (Wildman–Crippen MR) is 85.3 cm³/mol. The molecular weight excluding hydrogens is 302 g/mol. The Morgan fingerprint density at radius 1 is 1.23 bits per heavy atom. The molecule has 6 nitrogen and oxygen atoms in total. The number of amides is 2. The molecule has 3 rings (SSSR count). The summed E-state index contributed by atoms with van der Waals surface area (Å²) in [7, 11) is 0. The molecule has 1 aromatic carbocycles. The summed E-state index contributed by atoms with van der Waals surface area (Å²) >= 11 is 1.31. The maximum atomic E-state index is 12.1. The Morgan fingerprint density at radius 3 is 2.73 bits per heavy atom. The number of urea groups is 1. The minimum Gasteiger partial charge on any atom is -0.508 e. The van der Waals surface area contributed by atoms with Crippen molar-refractivity contribution in [3.05, 3.63) is 23.6 Å². The van der Waals surface area contributed by atoms with Crippen LogP contribution in [0.5, 0.6) is 11.5 Å². The second kappa shape index (κ2) is 6.23. The van der Waals surface area contributed by atoms with Crippen LogP contribution in [0.1, 0.15) is 19.3 Å². The molecule has 1 saturated heterocycles. The minimum absolute atomic E-state index is 0.00453. The predicted octanol–water partition coefficient (Wildman–Crippen LogP) is 3.24. The lowest BCUT2D eigenvalue weighted by Crippen LogP contribution is -2.38. The number of phenolic OH excluding ortho intramolecular Hbond substituents is 2. The van der Waals surface area contributed by atoms with E-state index in [1.165, 1.54) is 29.9 Å². The van der Waals surface area contributed by atoms with Crippen molar-refractivity contribution in [3.63, 3.8) is 0 Å². The zero-order valence-corrected chi connectivity index (χ0v) is 12.8. The summed E-state index contributed by atoms with van der Waals surface area (Å²) in [6, 6.07) is 4.22. The van der Waals surface area contributed by atoms with Crippen molar-refractivity contribution in [1.82, 2.24) is 9.88 Å². The quantitative estimate of drug-likeness (QED) is 0.793. The van der Waals surface area contributed by atoms with Crippen molar-refractivity contribution in [3.8, 4) is 22.8 Å². The van der Waals surface area contributed by atoms with Crippen LogP contribution >= 0.6 is 11.3 Å². The number of piperidine rings is 1. The van der Waals surface area contributed by atoms with Gasteiger partial charge in [-0.25, -0.2) is 9.78 Å². The Kier molecular flexibility index (Phi) is 4.15. The monoisotopic (exact) mass is 319 g/mol. The molecule has 0 unspecified atom stereocenters. The largest absolute Gasteiger partial charge is 0.508 e. The van der Waals surface area contributed by atoms with E-state index < -0.39 is 0 Å². The molecule has 0 spiro atoms. The van der Waals surface area contributed by atoms with E-state index in [4.69, 9.17) is 0 Å². The van der Waals surface area contributed by atoms with E-state index >= 15 is 0 Å². The van der Waals surface area contributed by atoms with Crippen molar-refractivity contribution in [2.75, 3.05) is 18.4 Å². The van der Waals surface area contributed by atoms with E-state index in [0.717, 1.165) is 25.9 Å². The third-order valence-electron chi connectivity index (χ3n) is 3.62. The number of nitrogens with zero attached hydrogens (tertiary/aromatic N) is 2. The molecule has 1 aliphatic heterocycles.